The first kappa shape index (κ1) is 19.4. The Morgan fingerprint density at radius 2 is 2.00 bits per heavy atom. The second-order valence-corrected chi connectivity index (χ2v) is 7.41. The molecule has 1 aromatic heterocycles. The number of unbranched alkanes of at least 4 members (excludes halogenated alkanes) is 1. The number of carbonyl (C=O) groups excluding carboxylic acids is 2. The van der Waals surface area contributed by atoms with Crippen molar-refractivity contribution in [2.75, 3.05) is 17.6 Å². The van der Waals surface area contributed by atoms with Gasteiger partial charge < -0.3 is 10.6 Å². The van der Waals surface area contributed by atoms with Crippen molar-refractivity contribution in [3.63, 3.8) is 0 Å². The molecule has 2 aromatic rings. The average molecular weight is 381 g/mol. The Bertz CT molecular complexity index is 704. The van der Waals surface area contributed by atoms with Crippen LogP contribution in [0.4, 0.5) is 10.1 Å². The van der Waals surface area contributed by atoms with E-state index in [1.807, 2.05) is 5.38 Å². The summed E-state index contributed by atoms with van der Waals surface area (Å²) in [4.78, 5) is 28.0. The van der Waals surface area contributed by atoms with Crippen molar-refractivity contribution in [1.29, 1.82) is 0 Å². The number of hydrogen-bond acceptors (Lipinski definition) is 5. The Morgan fingerprint density at radius 1 is 1.24 bits per heavy atom. The zero-order valence-corrected chi connectivity index (χ0v) is 15.5. The smallest absolute Gasteiger partial charge is 0.234 e. The van der Waals surface area contributed by atoms with E-state index >= 15 is 0 Å². The van der Waals surface area contributed by atoms with Crippen molar-refractivity contribution in [1.82, 2.24) is 10.3 Å². The van der Waals surface area contributed by atoms with Gasteiger partial charge in [-0.15, -0.1) is 11.3 Å². The third kappa shape index (κ3) is 7.23. The first-order chi connectivity index (χ1) is 12.1. The molecular weight excluding hydrogens is 361 g/mol. The van der Waals surface area contributed by atoms with Crippen LogP contribution in [0, 0.1) is 5.82 Å². The summed E-state index contributed by atoms with van der Waals surface area (Å²) in [5, 5.41) is 7.38. The lowest BCUT2D eigenvalue weighted by atomic mass is 10.3. The maximum atomic E-state index is 12.8. The Morgan fingerprint density at radius 3 is 2.72 bits per heavy atom. The molecule has 0 spiro atoms. The predicted molar refractivity (Wildman–Crippen MR) is 99.5 cm³/mol. The van der Waals surface area contributed by atoms with Gasteiger partial charge in [-0.2, -0.15) is 0 Å². The van der Waals surface area contributed by atoms with Crippen LogP contribution in [0.15, 0.2) is 34.0 Å². The van der Waals surface area contributed by atoms with Gasteiger partial charge >= 0.3 is 0 Å². The number of nitrogens with zero attached hydrogens (tertiary/aromatic N) is 1. The monoisotopic (exact) mass is 381 g/mol. The van der Waals surface area contributed by atoms with E-state index in [9.17, 15) is 14.0 Å². The molecule has 2 rings (SSSR count). The number of carbonyl (C=O) groups is 2. The fraction of sp³-hybridized carbons (Fsp3) is 0.353. The SMILES string of the molecule is CCCCNC(=O)Cc1csc(SCC(=O)Nc2ccc(F)cc2)n1. The number of benzene rings is 1. The standard InChI is InChI=1S/C17H20FN3O2S2/c1-2-3-8-19-15(22)9-14-10-24-17(21-14)25-11-16(23)20-13-6-4-12(18)5-7-13/h4-7,10H,2-3,8-9,11H2,1H3,(H,19,22)(H,20,23). The number of thiazole rings is 1. The molecule has 0 atom stereocenters. The highest BCUT2D eigenvalue weighted by Gasteiger charge is 2.10. The topological polar surface area (TPSA) is 71.1 Å². The minimum atomic E-state index is -0.346. The zero-order valence-electron chi connectivity index (χ0n) is 13.9. The fourth-order valence-electron chi connectivity index (χ4n) is 1.93. The first-order valence-electron chi connectivity index (χ1n) is 7.96. The minimum Gasteiger partial charge on any atom is -0.356 e. The van der Waals surface area contributed by atoms with Gasteiger partial charge in [0.1, 0.15) is 5.82 Å². The van der Waals surface area contributed by atoms with E-state index in [2.05, 4.69) is 22.5 Å². The molecule has 8 heteroatoms. The van der Waals surface area contributed by atoms with Gasteiger partial charge in [0, 0.05) is 17.6 Å². The molecule has 0 radical (unpaired) electrons. The molecule has 0 aliphatic carbocycles. The highest BCUT2D eigenvalue weighted by molar-refractivity contribution is 8.01. The highest BCUT2D eigenvalue weighted by Crippen LogP contribution is 2.23. The fourth-order valence-corrected chi connectivity index (χ4v) is 3.57. The van der Waals surface area contributed by atoms with Crippen LogP contribution in [0.3, 0.4) is 0 Å². The third-order valence-corrected chi connectivity index (χ3v) is 5.25. The van der Waals surface area contributed by atoms with Crippen LogP contribution >= 0.6 is 23.1 Å². The Labute approximate surface area is 154 Å². The lowest BCUT2D eigenvalue weighted by molar-refractivity contribution is -0.120. The maximum Gasteiger partial charge on any atom is 0.234 e. The predicted octanol–water partition coefficient (Wildman–Crippen LogP) is 3.47. The van der Waals surface area contributed by atoms with Gasteiger partial charge in [0.15, 0.2) is 4.34 Å². The summed E-state index contributed by atoms with van der Waals surface area (Å²) in [5.74, 6) is -0.371. The number of anilines is 1. The van der Waals surface area contributed by atoms with Crippen LogP contribution in [0.25, 0.3) is 0 Å². The Hall–Kier alpha value is -1.93. The van der Waals surface area contributed by atoms with E-state index in [0.29, 0.717) is 17.9 Å². The number of amides is 2. The molecule has 25 heavy (non-hydrogen) atoms. The third-order valence-electron chi connectivity index (χ3n) is 3.18. The summed E-state index contributed by atoms with van der Waals surface area (Å²) in [6, 6.07) is 5.61. The largest absolute Gasteiger partial charge is 0.356 e. The number of rotatable bonds is 9. The van der Waals surface area contributed by atoms with Crippen LogP contribution < -0.4 is 10.6 Å². The van der Waals surface area contributed by atoms with E-state index in [1.54, 1.807) is 0 Å². The van der Waals surface area contributed by atoms with Crippen LogP contribution in [-0.4, -0.2) is 29.1 Å². The summed E-state index contributed by atoms with van der Waals surface area (Å²) < 4.78 is 13.6. The van der Waals surface area contributed by atoms with E-state index in [0.717, 1.165) is 17.2 Å². The van der Waals surface area contributed by atoms with Crippen molar-refractivity contribution in [2.45, 2.75) is 30.5 Å². The average Bonchev–Trinajstić information content (AvgIpc) is 3.03. The van der Waals surface area contributed by atoms with Crippen molar-refractivity contribution in [2.24, 2.45) is 0 Å². The molecule has 2 amide bonds. The van der Waals surface area contributed by atoms with E-state index in [1.165, 1.54) is 47.4 Å². The van der Waals surface area contributed by atoms with Gasteiger partial charge in [0.2, 0.25) is 11.8 Å². The molecular formula is C17H20FN3O2S2. The summed E-state index contributed by atoms with van der Waals surface area (Å²) in [7, 11) is 0. The van der Waals surface area contributed by atoms with Crippen molar-refractivity contribution in [3.8, 4) is 0 Å². The molecule has 0 saturated carbocycles. The Balaban J connectivity index is 1.74. The molecule has 0 unspecified atom stereocenters. The molecule has 0 aliphatic heterocycles. The zero-order chi connectivity index (χ0) is 18.1. The number of nitrogens with one attached hydrogen (secondary N) is 2. The van der Waals surface area contributed by atoms with Crippen LogP contribution in [0.1, 0.15) is 25.5 Å². The molecule has 0 saturated heterocycles. The van der Waals surface area contributed by atoms with Gasteiger partial charge in [-0.3, -0.25) is 9.59 Å². The van der Waals surface area contributed by atoms with Crippen LogP contribution in [0.5, 0.6) is 0 Å². The van der Waals surface area contributed by atoms with Crippen molar-refractivity contribution < 1.29 is 14.0 Å². The van der Waals surface area contributed by atoms with Gasteiger partial charge in [-0.05, 0) is 30.7 Å². The van der Waals surface area contributed by atoms with Gasteiger partial charge in [0.25, 0.3) is 0 Å². The lowest BCUT2D eigenvalue weighted by Gasteiger charge is -2.04. The molecule has 134 valence electrons. The van der Waals surface area contributed by atoms with E-state index in [4.69, 9.17) is 0 Å². The normalized spacial score (nSPS) is 10.5. The maximum absolute atomic E-state index is 12.8. The Kier molecular flexibility index (Phi) is 7.87. The van der Waals surface area contributed by atoms with Crippen LogP contribution in [0.2, 0.25) is 0 Å². The molecule has 2 N–H and O–H groups in total. The minimum absolute atomic E-state index is 0.0376. The molecule has 0 fully saturated rings. The molecule has 1 heterocycles. The second-order valence-electron chi connectivity index (χ2n) is 5.33. The van der Waals surface area contributed by atoms with E-state index < -0.39 is 0 Å². The highest BCUT2D eigenvalue weighted by atomic mass is 32.2. The molecule has 0 aliphatic rings. The van der Waals surface area contributed by atoms with Crippen molar-refractivity contribution in [3.05, 3.63) is 41.2 Å². The van der Waals surface area contributed by atoms with Gasteiger partial charge in [0.05, 0.1) is 17.9 Å². The summed E-state index contributed by atoms with van der Waals surface area (Å²) in [6.07, 6.45) is 2.26. The second kappa shape index (κ2) is 10.1. The number of halogens is 1. The number of thioether (sulfide) groups is 1. The quantitative estimate of drug-likeness (QED) is 0.515. The van der Waals surface area contributed by atoms with Gasteiger partial charge in [-0.1, -0.05) is 25.1 Å². The number of aromatic nitrogens is 1. The summed E-state index contributed by atoms with van der Waals surface area (Å²) in [5.41, 5.74) is 1.26. The number of hydrogen-bond donors (Lipinski definition) is 2. The first-order valence-corrected chi connectivity index (χ1v) is 9.82. The van der Waals surface area contributed by atoms with Crippen LogP contribution in [-0.2, 0) is 16.0 Å². The van der Waals surface area contributed by atoms with Gasteiger partial charge in [-0.25, -0.2) is 9.37 Å². The summed E-state index contributed by atoms with van der Waals surface area (Å²) >= 11 is 2.72. The lowest BCUT2D eigenvalue weighted by Crippen LogP contribution is -2.26. The molecule has 5 nitrogen and oxygen atoms in total. The van der Waals surface area contributed by atoms with E-state index in [-0.39, 0.29) is 29.8 Å². The molecule has 1 aromatic carbocycles. The summed E-state index contributed by atoms with van der Waals surface area (Å²) in [6.45, 7) is 2.76. The molecule has 0 bridgehead atoms. The van der Waals surface area contributed by atoms with Crippen molar-refractivity contribution >= 4 is 40.6 Å².